The number of carbonyl (C=O) groups excluding carboxylic acids is 2. The summed E-state index contributed by atoms with van der Waals surface area (Å²) >= 11 is 0. The maximum absolute atomic E-state index is 12.5. The number of anilines is 1. The second-order valence-electron chi connectivity index (χ2n) is 6.65. The third-order valence-corrected chi connectivity index (χ3v) is 4.00. The molecule has 0 saturated heterocycles. The molecule has 0 radical (unpaired) electrons. The second-order valence-corrected chi connectivity index (χ2v) is 6.65. The number of nitrogens with one attached hydrogen (secondary N) is 1. The average Bonchev–Trinajstić information content (AvgIpc) is 3.16. The molecule has 7 heteroatoms. The van der Waals surface area contributed by atoms with E-state index in [-0.39, 0.29) is 29.9 Å². The van der Waals surface area contributed by atoms with Crippen LogP contribution in [0.2, 0.25) is 0 Å². The van der Waals surface area contributed by atoms with E-state index in [2.05, 4.69) is 15.5 Å². The molecule has 1 N–H and O–H groups in total. The van der Waals surface area contributed by atoms with Gasteiger partial charge in [-0.05, 0) is 31.2 Å². The molecule has 28 heavy (non-hydrogen) atoms. The maximum Gasteiger partial charge on any atom is 0.340 e. The zero-order valence-electron chi connectivity index (χ0n) is 15.9. The number of benzene rings is 2. The molecule has 1 aromatic heterocycles. The van der Waals surface area contributed by atoms with Crippen molar-refractivity contribution in [2.75, 3.05) is 5.32 Å². The molecular formula is C21H21N3O4. The van der Waals surface area contributed by atoms with Gasteiger partial charge in [-0.15, -0.1) is 0 Å². The molecule has 0 aliphatic heterocycles. The van der Waals surface area contributed by atoms with Crippen LogP contribution in [0.4, 0.5) is 5.69 Å². The molecule has 0 spiro atoms. The molecule has 0 atom stereocenters. The fourth-order valence-corrected chi connectivity index (χ4v) is 2.52. The van der Waals surface area contributed by atoms with Crippen LogP contribution < -0.4 is 5.32 Å². The lowest BCUT2D eigenvalue weighted by Gasteiger charge is -2.10. The highest BCUT2D eigenvalue weighted by Gasteiger charge is 2.17. The monoisotopic (exact) mass is 379 g/mol. The van der Waals surface area contributed by atoms with E-state index in [0.717, 1.165) is 5.56 Å². The Morgan fingerprint density at radius 2 is 1.93 bits per heavy atom. The first kappa shape index (κ1) is 19.3. The molecule has 1 amide bonds. The number of aromatic nitrogens is 2. The molecule has 2 aromatic carbocycles. The summed E-state index contributed by atoms with van der Waals surface area (Å²) in [4.78, 5) is 29.1. The van der Waals surface area contributed by atoms with E-state index in [1.54, 1.807) is 42.5 Å². The number of esters is 1. The average molecular weight is 379 g/mol. The highest BCUT2D eigenvalue weighted by Crippen LogP contribution is 2.19. The van der Waals surface area contributed by atoms with Crippen LogP contribution in [0, 0.1) is 6.92 Å². The minimum atomic E-state index is -0.593. The van der Waals surface area contributed by atoms with Crippen molar-refractivity contribution >= 4 is 17.6 Å². The van der Waals surface area contributed by atoms with Gasteiger partial charge in [-0.3, -0.25) is 4.79 Å². The van der Waals surface area contributed by atoms with Crippen LogP contribution in [0.15, 0.2) is 53.1 Å². The minimum absolute atomic E-state index is 0.116. The van der Waals surface area contributed by atoms with Gasteiger partial charge >= 0.3 is 5.97 Å². The van der Waals surface area contributed by atoms with E-state index in [1.165, 1.54) is 0 Å². The van der Waals surface area contributed by atoms with Gasteiger partial charge in [0, 0.05) is 11.5 Å². The number of hydrogen-bond donors (Lipinski definition) is 1. The van der Waals surface area contributed by atoms with Gasteiger partial charge in [-0.2, -0.15) is 4.98 Å². The van der Waals surface area contributed by atoms with Gasteiger partial charge in [0.05, 0.1) is 11.3 Å². The highest BCUT2D eigenvalue weighted by atomic mass is 16.6. The first-order chi connectivity index (χ1) is 13.4. The van der Waals surface area contributed by atoms with Crippen LogP contribution in [0.25, 0.3) is 0 Å². The molecule has 0 fully saturated rings. The summed E-state index contributed by atoms with van der Waals surface area (Å²) in [5.74, 6) is -0.00665. The molecule has 0 bridgehead atoms. The Morgan fingerprint density at radius 3 is 2.64 bits per heavy atom. The molecule has 0 saturated carbocycles. The number of para-hydroxylation sites is 1. The topological polar surface area (TPSA) is 94.3 Å². The van der Waals surface area contributed by atoms with Gasteiger partial charge in [0.15, 0.2) is 12.4 Å². The van der Waals surface area contributed by atoms with Gasteiger partial charge in [0.2, 0.25) is 0 Å². The number of ether oxygens (including phenoxy) is 1. The Bertz CT molecular complexity index is 995. The molecule has 3 aromatic rings. The number of nitrogens with zero attached hydrogens (tertiary/aromatic N) is 2. The normalized spacial score (nSPS) is 10.7. The fraction of sp³-hybridized carbons (Fsp3) is 0.238. The van der Waals surface area contributed by atoms with Crippen molar-refractivity contribution in [3.8, 4) is 0 Å². The lowest BCUT2D eigenvalue weighted by molar-refractivity contribution is 0.0431. The molecule has 0 aliphatic carbocycles. The first-order valence-electron chi connectivity index (χ1n) is 8.90. The van der Waals surface area contributed by atoms with E-state index >= 15 is 0 Å². The minimum Gasteiger partial charge on any atom is -0.452 e. The van der Waals surface area contributed by atoms with E-state index in [4.69, 9.17) is 9.26 Å². The number of amides is 1. The van der Waals surface area contributed by atoms with Crippen LogP contribution in [0.1, 0.15) is 57.8 Å². The molecule has 0 unspecified atom stereocenters. The van der Waals surface area contributed by atoms with Crippen LogP contribution in [0.3, 0.4) is 0 Å². The van der Waals surface area contributed by atoms with Crippen molar-refractivity contribution in [2.24, 2.45) is 0 Å². The smallest absolute Gasteiger partial charge is 0.340 e. The van der Waals surface area contributed by atoms with Gasteiger partial charge < -0.3 is 14.6 Å². The summed E-state index contributed by atoms with van der Waals surface area (Å²) in [5.41, 5.74) is 2.09. The summed E-state index contributed by atoms with van der Waals surface area (Å²) in [6, 6.07) is 13.9. The van der Waals surface area contributed by atoms with Gasteiger partial charge in [0.25, 0.3) is 11.8 Å². The summed E-state index contributed by atoms with van der Waals surface area (Å²) in [5, 5.41) is 6.59. The largest absolute Gasteiger partial charge is 0.452 e. The SMILES string of the molecule is Cc1cccc(C(=O)Nc2ccccc2C(=O)OCc2nc(C(C)C)no2)c1. The Morgan fingerprint density at radius 1 is 1.14 bits per heavy atom. The second kappa shape index (κ2) is 8.47. The van der Waals surface area contributed by atoms with Gasteiger partial charge in [-0.1, -0.05) is 48.8 Å². The zero-order valence-corrected chi connectivity index (χ0v) is 15.9. The summed E-state index contributed by atoms with van der Waals surface area (Å²) in [6.45, 7) is 5.64. The summed E-state index contributed by atoms with van der Waals surface area (Å²) in [6.07, 6.45) is 0. The van der Waals surface area contributed by atoms with E-state index in [0.29, 0.717) is 17.1 Å². The quantitative estimate of drug-likeness (QED) is 0.648. The Labute approximate surface area is 162 Å². The van der Waals surface area contributed by atoms with Crippen molar-refractivity contribution in [3.05, 3.63) is 76.9 Å². The molecule has 0 aliphatic rings. The number of hydrogen-bond acceptors (Lipinski definition) is 6. The Hall–Kier alpha value is -3.48. The van der Waals surface area contributed by atoms with Gasteiger partial charge in [-0.25, -0.2) is 4.79 Å². The number of carbonyl (C=O) groups is 2. The highest BCUT2D eigenvalue weighted by molar-refractivity contribution is 6.08. The van der Waals surface area contributed by atoms with Crippen molar-refractivity contribution in [3.63, 3.8) is 0 Å². The molecular weight excluding hydrogens is 358 g/mol. The van der Waals surface area contributed by atoms with Crippen LogP contribution in [-0.2, 0) is 11.3 Å². The van der Waals surface area contributed by atoms with Crippen molar-refractivity contribution < 1.29 is 18.8 Å². The van der Waals surface area contributed by atoms with Crippen LogP contribution in [-0.4, -0.2) is 22.0 Å². The molecule has 1 heterocycles. The van der Waals surface area contributed by atoms with Crippen molar-refractivity contribution in [2.45, 2.75) is 33.3 Å². The van der Waals surface area contributed by atoms with E-state index in [1.807, 2.05) is 26.8 Å². The zero-order chi connectivity index (χ0) is 20.1. The fourth-order valence-electron chi connectivity index (χ4n) is 2.52. The standard InChI is InChI=1S/C21H21N3O4/c1-13(2)19-23-18(28-24-19)12-27-21(26)16-9-4-5-10-17(16)22-20(25)15-8-6-7-14(3)11-15/h4-11,13H,12H2,1-3H3,(H,22,25). The van der Waals surface area contributed by atoms with Crippen LogP contribution >= 0.6 is 0 Å². The van der Waals surface area contributed by atoms with E-state index < -0.39 is 5.97 Å². The number of aryl methyl sites for hydroxylation is 1. The van der Waals surface area contributed by atoms with Crippen molar-refractivity contribution in [1.29, 1.82) is 0 Å². The number of rotatable bonds is 6. The lowest BCUT2D eigenvalue weighted by Crippen LogP contribution is -2.16. The predicted octanol–water partition coefficient (Wildman–Crippen LogP) is 4.11. The third-order valence-electron chi connectivity index (χ3n) is 4.00. The summed E-state index contributed by atoms with van der Waals surface area (Å²) < 4.78 is 10.3. The summed E-state index contributed by atoms with van der Waals surface area (Å²) in [7, 11) is 0. The van der Waals surface area contributed by atoms with Crippen LogP contribution in [0.5, 0.6) is 0 Å². The van der Waals surface area contributed by atoms with Gasteiger partial charge in [0.1, 0.15) is 0 Å². The molecule has 3 rings (SSSR count). The Balaban J connectivity index is 1.70. The third kappa shape index (κ3) is 4.62. The first-order valence-corrected chi connectivity index (χ1v) is 8.90. The van der Waals surface area contributed by atoms with Crippen molar-refractivity contribution in [1.82, 2.24) is 10.1 Å². The predicted molar refractivity (Wildman–Crippen MR) is 103 cm³/mol. The van der Waals surface area contributed by atoms with E-state index in [9.17, 15) is 9.59 Å². The maximum atomic E-state index is 12.5. The molecule has 144 valence electrons. The molecule has 7 nitrogen and oxygen atoms in total. The Kier molecular flexibility index (Phi) is 5.84. The lowest BCUT2D eigenvalue weighted by atomic mass is 10.1.